The van der Waals surface area contributed by atoms with Gasteiger partial charge in [-0.05, 0) is 24.3 Å². The molecule has 32 heavy (non-hydrogen) atoms. The Bertz CT molecular complexity index is 1150. The first-order valence-electron chi connectivity index (χ1n) is 9.75. The monoisotopic (exact) mass is 446 g/mol. The molecule has 4 rings (SSSR count). The highest BCUT2D eigenvalue weighted by molar-refractivity contribution is 5.86. The topological polar surface area (TPSA) is 159 Å². The summed E-state index contributed by atoms with van der Waals surface area (Å²) in [6, 6.07) is 10.5. The number of fused-ring (bicyclic) bond motifs is 1. The van der Waals surface area contributed by atoms with Gasteiger partial charge in [-0.15, -0.1) is 0 Å². The van der Waals surface area contributed by atoms with Gasteiger partial charge in [-0.3, -0.25) is 4.79 Å². The summed E-state index contributed by atoms with van der Waals surface area (Å²) in [5, 5.41) is 49.6. The van der Waals surface area contributed by atoms with Gasteiger partial charge >= 0.3 is 0 Å². The summed E-state index contributed by atoms with van der Waals surface area (Å²) in [7, 11) is 1.53. The number of aromatic hydroxyl groups is 1. The fourth-order valence-electron chi connectivity index (χ4n) is 3.51. The zero-order valence-electron chi connectivity index (χ0n) is 16.9. The van der Waals surface area contributed by atoms with Crippen molar-refractivity contribution < 1.29 is 44.2 Å². The van der Waals surface area contributed by atoms with Crippen LogP contribution in [0.1, 0.15) is 0 Å². The van der Waals surface area contributed by atoms with E-state index in [2.05, 4.69) is 0 Å². The molecule has 0 spiro atoms. The molecule has 1 aliphatic rings. The van der Waals surface area contributed by atoms with Gasteiger partial charge in [-0.1, -0.05) is 0 Å². The van der Waals surface area contributed by atoms with Crippen LogP contribution in [0.2, 0.25) is 0 Å². The number of phenolic OH excluding ortho intramolecular Hbond substituents is 1. The van der Waals surface area contributed by atoms with Crippen LogP contribution in [0.3, 0.4) is 0 Å². The third kappa shape index (κ3) is 4.01. The van der Waals surface area contributed by atoms with Gasteiger partial charge in [-0.25, -0.2) is 0 Å². The van der Waals surface area contributed by atoms with Gasteiger partial charge in [0.1, 0.15) is 58.4 Å². The molecular formula is C22H22O10. The van der Waals surface area contributed by atoms with E-state index in [1.54, 1.807) is 24.3 Å². The lowest BCUT2D eigenvalue weighted by Gasteiger charge is -2.39. The van der Waals surface area contributed by atoms with Crippen molar-refractivity contribution in [3.63, 3.8) is 0 Å². The molecule has 1 fully saturated rings. The van der Waals surface area contributed by atoms with Crippen LogP contribution in [0, 0.1) is 0 Å². The number of ether oxygens (including phenoxy) is 3. The number of benzene rings is 2. The van der Waals surface area contributed by atoms with E-state index in [4.69, 9.17) is 18.6 Å². The predicted octanol–water partition coefficient (Wildman–Crippen LogP) is 0.353. The molecule has 170 valence electrons. The molecule has 0 saturated carbocycles. The third-order valence-corrected chi connectivity index (χ3v) is 5.26. The van der Waals surface area contributed by atoms with Crippen molar-refractivity contribution in [2.75, 3.05) is 13.7 Å². The fraction of sp³-hybridized carbons (Fsp3) is 0.318. The van der Waals surface area contributed by atoms with E-state index >= 15 is 0 Å². The Kier molecular flexibility index (Phi) is 6.04. The largest absolute Gasteiger partial charge is 0.507 e. The number of methoxy groups -OCH3 is 1. The predicted molar refractivity (Wildman–Crippen MR) is 111 cm³/mol. The van der Waals surface area contributed by atoms with Crippen molar-refractivity contribution in [3.05, 3.63) is 52.7 Å². The fourth-order valence-corrected chi connectivity index (χ4v) is 3.51. The minimum atomic E-state index is -1.64. The first-order valence-corrected chi connectivity index (χ1v) is 9.75. The smallest absolute Gasteiger partial charge is 0.229 e. The molecule has 0 unspecified atom stereocenters. The Labute approximate surface area is 181 Å². The number of hydrogen-bond acceptors (Lipinski definition) is 10. The molecule has 1 saturated heterocycles. The summed E-state index contributed by atoms with van der Waals surface area (Å²) in [4.78, 5) is 12.6. The second-order valence-electron chi connectivity index (χ2n) is 7.33. The molecule has 10 heteroatoms. The summed E-state index contributed by atoms with van der Waals surface area (Å²) in [6.07, 6.45) is -7.42. The first kappa shape index (κ1) is 22.1. The maximum Gasteiger partial charge on any atom is 0.229 e. The van der Waals surface area contributed by atoms with Crippen molar-refractivity contribution in [1.82, 2.24) is 0 Å². The van der Waals surface area contributed by atoms with Gasteiger partial charge in [0.2, 0.25) is 6.29 Å². The van der Waals surface area contributed by atoms with Crippen LogP contribution in [0.4, 0.5) is 0 Å². The molecular weight excluding hydrogens is 424 g/mol. The molecule has 2 heterocycles. The van der Waals surface area contributed by atoms with Crippen LogP contribution in [0.15, 0.2) is 51.7 Å². The third-order valence-electron chi connectivity index (χ3n) is 5.26. The van der Waals surface area contributed by atoms with E-state index in [0.29, 0.717) is 11.3 Å². The minimum absolute atomic E-state index is 0.0166. The van der Waals surface area contributed by atoms with Gasteiger partial charge in [0.15, 0.2) is 5.43 Å². The molecule has 5 atom stereocenters. The van der Waals surface area contributed by atoms with Crippen molar-refractivity contribution in [1.29, 1.82) is 0 Å². The van der Waals surface area contributed by atoms with Crippen LogP contribution in [0.25, 0.3) is 22.3 Å². The Morgan fingerprint density at radius 1 is 0.969 bits per heavy atom. The van der Waals surface area contributed by atoms with Gasteiger partial charge in [-0.2, -0.15) is 0 Å². The van der Waals surface area contributed by atoms with Crippen LogP contribution >= 0.6 is 0 Å². The van der Waals surface area contributed by atoms with E-state index < -0.39 is 48.5 Å². The number of hydrogen-bond donors (Lipinski definition) is 5. The molecule has 5 N–H and O–H groups in total. The summed E-state index contributed by atoms with van der Waals surface area (Å²) >= 11 is 0. The molecule has 1 aliphatic heterocycles. The first-order chi connectivity index (χ1) is 15.3. The van der Waals surface area contributed by atoms with Crippen LogP contribution in [-0.4, -0.2) is 70.0 Å². The zero-order chi connectivity index (χ0) is 23.0. The zero-order valence-corrected chi connectivity index (χ0v) is 16.9. The van der Waals surface area contributed by atoms with E-state index in [9.17, 15) is 30.3 Å². The SMILES string of the molecule is COc1ccc(-c2cc(=O)c3c(O)cc(O[C@@H]4O[C@@H](CO)[C@H](O)[C@H](O)[C@H]4O)cc3o2)cc1. The van der Waals surface area contributed by atoms with Crippen molar-refractivity contribution >= 4 is 11.0 Å². The Morgan fingerprint density at radius 3 is 2.34 bits per heavy atom. The average molecular weight is 446 g/mol. The van der Waals surface area contributed by atoms with Gasteiger partial charge in [0.05, 0.1) is 13.7 Å². The number of aliphatic hydroxyl groups excluding tert-OH is 4. The minimum Gasteiger partial charge on any atom is -0.507 e. The Hall–Kier alpha value is -3.15. The number of rotatable bonds is 5. The highest BCUT2D eigenvalue weighted by Crippen LogP contribution is 2.33. The normalized spacial score (nSPS) is 25.6. The van der Waals surface area contributed by atoms with Gasteiger partial charge in [0.25, 0.3) is 0 Å². The summed E-state index contributed by atoms with van der Waals surface area (Å²) < 4.78 is 21.8. The molecule has 0 radical (unpaired) electrons. The second-order valence-corrected chi connectivity index (χ2v) is 7.33. The highest BCUT2D eigenvalue weighted by atomic mass is 16.7. The van der Waals surface area contributed by atoms with Crippen LogP contribution < -0.4 is 14.9 Å². The van der Waals surface area contributed by atoms with Gasteiger partial charge in [0, 0.05) is 23.8 Å². The second kappa shape index (κ2) is 8.77. The van der Waals surface area contributed by atoms with E-state index in [1.165, 1.54) is 19.2 Å². The van der Waals surface area contributed by atoms with Crippen LogP contribution in [-0.2, 0) is 4.74 Å². The maximum absolute atomic E-state index is 12.6. The van der Waals surface area contributed by atoms with E-state index in [0.717, 1.165) is 6.07 Å². The molecule has 0 amide bonds. The number of phenols is 1. The lowest BCUT2D eigenvalue weighted by Crippen LogP contribution is -2.60. The Balaban J connectivity index is 1.69. The lowest BCUT2D eigenvalue weighted by molar-refractivity contribution is -0.277. The molecule has 0 bridgehead atoms. The average Bonchev–Trinajstić information content (AvgIpc) is 2.79. The van der Waals surface area contributed by atoms with Crippen molar-refractivity contribution in [3.8, 4) is 28.6 Å². The Morgan fingerprint density at radius 2 is 1.69 bits per heavy atom. The summed E-state index contributed by atoms with van der Waals surface area (Å²) in [5.41, 5.74) is 0.140. The molecule has 0 aliphatic carbocycles. The van der Waals surface area contributed by atoms with Gasteiger partial charge < -0.3 is 44.2 Å². The van der Waals surface area contributed by atoms with E-state index in [1.807, 2.05) is 0 Å². The van der Waals surface area contributed by atoms with Crippen molar-refractivity contribution in [2.24, 2.45) is 0 Å². The molecule has 10 nitrogen and oxygen atoms in total. The quantitative estimate of drug-likeness (QED) is 0.370. The molecule has 3 aromatic rings. The molecule has 2 aromatic carbocycles. The lowest BCUT2D eigenvalue weighted by atomic mass is 9.99. The number of aliphatic hydroxyl groups is 4. The standard InChI is InChI=1S/C22H22O10/c1-29-11-4-2-10(3-5-11)15-8-14(25)18-13(24)6-12(7-16(18)31-15)30-22-21(28)20(27)19(26)17(9-23)32-22/h2-8,17,19-24,26-28H,9H2,1H3/t17-,19-,20-,21+,22+/m0/s1. The summed E-state index contributed by atoms with van der Waals surface area (Å²) in [6.45, 7) is -0.617. The highest BCUT2D eigenvalue weighted by Gasteiger charge is 2.44. The van der Waals surface area contributed by atoms with Crippen molar-refractivity contribution in [2.45, 2.75) is 30.7 Å². The maximum atomic E-state index is 12.6. The van der Waals surface area contributed by atoms with Crippen LogP contribution in [0.5, 0.6) is 17.2 Å². The summed E-state index contributed by atoms with van der Waals surface area (Å²) in [5.74, 6) is 0.422. The molecule has 1 aromatic heterocycles. The van der Waals surface area contributed by atoms with E-state index in [-0.39, 0.29) is 22.5 Å².